The van der Waals surface area contributed by atoms with Crippen molar-refractivity contribution >= 4 is 16.9 Å². The fourth-order valence-electron chi connectivity index (χ4n) is 3.86. The molecule has 1 aliphatic rings. The van der Waals surface area contributed by atoms with Crippen molar-refractivity contribution in [1.82, 2.24) is 24.6 Å². The van der Waals surface area contributed by atoms with Crippen LogP contribution < -0.4 is 0 Å². The second-order valence-corrected chi connectivity index (χ2v) is 7.08. The van der Waals surface area contributed by atoms with Gasteiger partial charge in [0.25, 0.3) is 5.91 Å². The lowest BCUT2D eigenvalue weighted by atomic mass is 10.1. The van der Waals surface area contributed by atoms with Gasteiger partial charge in [-0.15, -0.1) is 0 Å². The zero-order valence-corrected chi connectivity index (χ0v) is 15.2. The van der Waals surface area contributed by atoms with E-state index in [0.29, 0.717) is 18.3 Å². The van der Waals surface area contributed by atoms with Crippen molar-refractivity contribution in [3.8, 4) is 0 Å². The van der Waals surface area contributed by atoms with Crippen LogP contribution in [-0.2, 0) is 6.54 Å². The highest BCUT2D eigenvalue weighted by Gasteiger charge is 2.30. The number of hydrogen-bond donors (Lipinski definition) is 1. The van der Waals surface area contributed by atoms with Crippen molar-refractivity contribution in [2.75, 3.05) is 6.54 Å². The number of aromatic amines is 1. The first-order chi connectivity index (χ1) is 12.8. The molecule has 6 heteroatoms. The third-order valence-electron chi connectivity index (χ3n) is 5.25. The van der Waals surface area contributed by atoms with Crippen LogP contribution in [0.3, 0.4) is 0 Å². The quantitative estimate of drug-likeness (QED) is 0.738. The van der Waals surface area contributed by atoms with Crippen molar-refractivity contribution in [3.05, 3.63) is 48.0 Å². The molecule has 1 fully saturated rings. The lowest BCUT2D eigenvalue weighted by Gasteiger charge is -2.23. The van der Waals surface area contributed by atoms with E-state index in [2.05, 4.69) is 26.7 Å². The van der Waals surface area contributed by atoms with E-state index >= 15 is 0 Å². The molecule has 1 aliphatic heterocycles. The summed E-state index contributed by atoms with van der Waals surface area (Å²) in [5.41, 5.74) is 3.49. The molecule has 0 spiro atoms. The standard InChI is InChI=1S/C20H25N5O/c1-2-3-7-16-8-6-11-25(16)20(26)18-12-15(22-23-18)13-24-14-21-17-9-4-5-10-19(17)24/h4-5,9-10,12,14,16H,2-3,6-8,11,13H2,1H3,(H,22,23)/t16-/m0/s1. The molecule has 1 N–H and O–H groups in total. The highest BCUT2D eigenvalue weighted by atomic mass is 16.2. The Kier molecular flexibility index (Phi) is 4.73. The zero-order valence-electron chi connectivity index (χ0n) is 15.2. The van der Waals surface area contributed by atoms with Gasteiger partial charge in [-0.25, -0.2) is 4.98 Å². The highest BCUT2D eigenvalue weighted by molar-refractivity contribution is 5.92. The van der Waals surface area contributed by atoms with Crippen molar-refractivity contribution in [3.63, 3.8) is 0 Å². The molecule has 0 bridgehead atoms. The van der Waals surface area contributed by atoms with Crippen LogP contribution in [-0.4, -0.2) is 43.1 Å². The van der Waals surface area contributed by atoms with Crippen LogP contribution in [0.5, 0.6) is 0 Å². The summed E-state index contributed by atoms with van der Waals surface area (Å²) in [4.78, 5) is 19.3. The van der Waals surface area contributed by atoms with E-state index in [-0.39, 0.29) is 5.91 Å². The number of nitrogens with zero attached hydrogens (tertiary/aromatic N) is 4. The Morgan fingerprint density at radius 2 is 2.23 bits per heavy atom. The molecular weight excluding hydrogens is 326 g/mol. The molecule has 4 rings (SSSR count). The molecule has 0 aliphatic carbocycles. The fraction of sp³-hybridized carbons (Fsp3) is 0.450. The summed E-state index contributed by atoms with van der Waals surface area (Å²) in [6, 6.07) is 10.3. The van der Waals surface area contributed by atoms with Gasteiger partial charge in [0, 0.05) is 12.6 Å². The van der Waals surface area contributed by atoms with Crippen LogP contribution in [0.1, 0.15) is 55.2 Å². The lowest BCUT2D eigenvalue weighted by Crippen LogP contribution is -2.35. The van der Waals surface area contributed by atoms with Gasteiger partial charge in [0.05, 0.1) is 29.6 Å². The summed E-state index contributed by atoms with van der Waals surface area (Å²) in [5.74, 6) is 0.0570. The van der Waals surface area contributed by atoms with E-state index < -0.39 is 0 Å². The van der Waals surface area contributed by atoms with Crippen molar-refractivity contribution in [1.29, 1.82) is 0 Å². The number of unbranched alkanes of at least 4 members (excludes halogenated alkanes) is 1. The van der Waals surface area contributed by atoms with Crippen LogP contribution in [0.4, 0.5) is 0 Å². The second kappa shape index (κ2) is 7.32. The molecule has 1 saturated heterocycles. The van der Waals surface area contributed by atoms with Gasteiger partial charge in [-0.1, -0.05) is 31.9 Å². The van der Waals surface area contributed by atoms with Crippen molar-refractivity contribution < 1.29 is 4.79 Å². The summed E-state index contributed by atoms with van der Waals surface area (Å²) in [6.07, 6.45) is 7.48. The first-order valence-corrected chi connectivity index (χ1v) is 9.51. The summed E-state index contributed by atoms with van der Waals surface area (Å²) in [5, 5.41) is 7.31. The van der Waals surface area contributed by atoms with Gasteiger partial charge in [-0.05, 0) is 37.5 Å². The number of hydrogen-bond acceptors (Lipinski definition) is 3. The Morgan fingerprint density at radius 1 is 1.35 bits per heavy atom. The maximum atomic E-state index is 12.9. The van der Waals surface area contributed by atoms with Gasteiger partial charge in [0.15, 0.2) is 0 Å². The number of amides is 1. The van der Waals surface area contributed by atoms with Gasteiger partial charge in [0.2, 0.25) is 0 Å². The molecule has 1 atom stereocenters. The number of imidazole rings is 1. The normalized spacial score (nSPS) is 17.3. The first kappa shape index (κ1) is 16.8. The van der Waals surface area contributed by atoms with Gasteiger partial charge >= 0.3 is 0 Å². The molecule has 26 heavy (non-hydrogen) atoms. The third kappa shape index (κ3) is 3.23. The van der Waals surface area contributed by atoms with Crippen molar-refractivity contribution in [2.45, 2.75) is 51.6 Å². The summed E-state index contributed by atoms with van der Waals surface area (Å²) in [7, 11) is 0. The number of para-hydroxylation sites is 2. The van der Waals surface area contributed by atoms with Gasteiger partial charge in [-0.3, -0.25) is 9.89 Å². The predicted molar refractivity (Wildman–Crippen MR) is 101 cm³/mol. The van der Waals surface area contributed by atoms with E-state index in [1.165, 1.54) is 12.8 Å². The summed E-state index contributed by atoms with van der Waals surface area (Å²) in [6.45, 7) is 3.67. The zero-order chi connectivity index (χ0) is 17.9. The number of benzene rings is 1. The maximum absolute atomic E-state index is 12.9. The number of carbonyl (C=O) groups excluding carboxylic acids is 1. The third-order valence-corrected chi connectivity index (χ3v) is 5.25. The van der Waals surface area contributed by atoms with Crippen LogP contribution in [0.15, 0.2) is 36.7 Å². The monoisotopic (exact) mass is 351 g/mol. The van der Waals surface area contributed by atoms with Gasteiger partial charge in [0.1, 0.15) is 5.69 Å². The van der Waals surface area contributed by atoms with Crippen LogP contribution >= 0.6 is 0 Å². The van der Waals surface area contributed by atoms with Crippen LogP contribution in [0.25, 0.3) is 11.0 Å². The Balaban J connectivity index is 1.48. The lowest BCUT2D eigenvalue weighted by molar-refractivity contribution is 0.0723. The molecule has 0 saturated carbocycles. The average molecular weight is 351 g/mol. The molecule has 0 radical (unpaired) electrons. The smallest absolute Gasteiger partial charge is 0.274 e. The molecule has 0 unspecified atom stereocenters. The maximum Gasteiger partial charge on any atom is 0.274 e. The molecule has 6 nitrogen and oxygen atoms in total. The number of aromatic nitrogens is 4. The minimum absolute atomic E-state index is 0.0570. The number of likely N-dealkylation sites (tertiary alicyclic amines) is 1. The minimum atomic E-state index is 0.0570. The predicted octanol–water partition coefficient (Wildman–Crippen LogP) is 3.60. The Labute approximate surface area is 153 Å². The van der Waals surface area contributed by atoms with Crippen LogP contribution in [0, 0.1) is 0 Å². The number of H-pyrrole nitrogens is 1. The minimum Gasteiger partial charge on any atom is -0.334 e. The molecular formula is C20H25N5O. The first-order valence-electron chi connectivity index (χ1n) is 9.51. The number of nitrogens with one attached hydrogen (secondary N) is 1. The largest absolute Gasteiger partial charge is 0.334 e. The van der Waals surface area contributed by atoms with E-state index in [1.54, 1.807) is 0 Å². The highest BCUT2D eigenvalue weighted by Crippen LogP contribution is 2.24. The van der Waals surface area contributed by atoms with E-state index in [9.17, 15) is 4.79 Å². The van der Waals surface area contributed by atoms with E-state index in [4.69, 9.17) is 0 Å². The molecule has 3 aromatic rings. The van der Waals surface area contributed by atoms with Gasteiger partial charge < -0.3 is 9.47 Å². The fourth-order valence-corrected chi connectivity index (χ4v) is 3.86. The molecule has 1 aromatic carbocycles. The molecule has 1 amide bonds. The second-order valence-electron chi connectivity index (χ2n) is 7.08. The van der Waals surface area contributed by atoms with Gasteiger partial charge in [-0.2, -0.15) is 5.10 Å². The molecule has 3 heterocycles. The van der Waals surface area contributed by atoms with Crippen molar-refractivity contribution in [2.24, 2.45) is 0 Å². The molecule has 136 valence electrons. The summed E-state index contributed by atoms with van der Waals surface area (Å²) >= 11 is 0. The Morgan fingerprint density at radius 3 is 3.12 bits per heavy atom. The topological polar surface area (TPSA) is 66.8 Å². The SMILES string of the molecule is CCCC[C@H]1CCCN1C(=O)c1cc(Cn2cnc3ccccc32)[nH]n1. The van der Waals surface area contributed by atoms with E-state index in [1.807, 2.05) is 41.6 Å². The number of rotatable bonds is 6. The van der Waals surface area contributed by atoms with Crippen LogP contribution in [0.2, 0.25) is 0 Å². The number of fused-ring (bicyclic) bond motifs is 1. The average Bonchev–Trinajstić information content (AvgIpc) is 3.40. The number of carbonyl (C=O) groups is 1. The summed E-state index contributed by atoms with van der Waals surface area (Å²) < 4.78 is 2.07. The molecule has 2 aromatic heterocycles. The Hall–Kier alpha value is -2.63. The van der Waals surface area contributed by atoms with E-state index in [0.717, 1.165) is 42.5 Å². The Bertz CT molecular complexity index is 896.